The van der Waals surface area contributed by atoms with E-state index in [0.29, 0.717) is 13.1 Å². The molecule has 0 aliphatic carbocycles. The first-order chi connectivity index (χ1) is 7.85. The summed E-state index contributed by atoms with van der Waals surface area (Å²) in [6.45, 7) is 2.82. The lowest BCUT2D eigenvalue weighted by molar-refractivity contribution is -0.109. The fourth-order valence-electron chi connectivity index (χ4n) is 1.33. The maximum absolute atomic E-state index is 9.41. The van der Waals surface area contributed by atoms with Crippen molar-refractivity contribution in [3.8, 4) is 0 Å². The van der Waals surface area contributed by atoms with Gasteiger partial charge in [-0.3, -0.25) is 4.79 Å². The van der Waals surface area contributed by atoms with E-state index in [0.717, 1.165) is 5.25 Å². The number of unbranched alkanes of at least 4 members (excludes halogenated alkanes) is 2. The Morgan fingerprint density at radius 1 is 1.44 bits per heavy atom. The van der Waals surface area contributed by atoms with E-state index in [4.69, 9.17) is 0 Å². The predicted molar refractivity (Wildman–Crippen MR) is 75.7 cm³/mol. The third-order valence-corrected chi connectivity index (χ3v) is 5.23. The summed E-state index contributed by atoms with van der Waals surface area (Å²) >= 11 is 0. The monoisotopic (exact) mass is 264 g/mol. The van der Waals surface area contributed by atoms with Crippen LogP contribution in [0.4, 0.5) is 0 Å². The van der Waals surface area contributed by atoms with Crippen LogP contribution >= 0.6 is 21.6 Å². The summed E-state index contributed by atoms with van der Waals surface area (Å²) in [6.07, 6.45) is 7.82. The number of nitrogens with one attached hydrogen (secondary N) is 2. The zero-order chi connectivity index (χ0) is 12.1. The molecule has 1 heterocycles. The van der Waals surface area contributed by atoms with Crippen molar-refractivity contribution in [2.45, 2.75) is 44.3 Å². The summed E-state index contributed by atoms with van der Waals surface area (Å²) in [4.78, 5) is 9.41. The summed E-state index contributed by atoms with van der Waals surface area (Å²) in [7, 11) is 5.93. The van der Waals surface area contributed by atoms with Gasteiger partial charge in [0.15, 0.2) is 0 Å². The van der Waals surface area contributed by atoms with Crippen molar-refractivity contribution in [3.05, 3.63) is 0 Å². The Balaban J connectivity index is 0.000000325. The first kappa shape index (κ1) is 16.1. The van der Waals surface area contributed by atoms with E-state index in [1.165, 1.54) is 37.9 Å². The number of hydrogen-bond acceptors (Lipinski definition) is 4. The molecular weight excluding hydrogens is 240 g/mol. The van der Waals surface area contributed by atoms with Crippen LogP contribution in [0.25, 0.3) is 0 Å². The summed E-state index contributed by atoms with van der Waals surface area (Å²) < 4.78 is 0. The number of carbonyl (C=O) groups excluding carboxylic acids is 1. The molecule has 0 aromatic carbocycles. The molecule has 1 fully saturated rings. The highest BCUT2D eigenvalue weighted by Gasteiger charge is 2.14. The normalized spacial score (nSPS) is 18.8. The third-order valence-electron chi connectivity index (χ3n) is 2.22. The lowest BCUT2D eigenvalue weighted by Crippen LogP contribution is -2.23. The van der Waals surface area contributed by atoms with E-state index in [1.807, 2.05) is 0 Å². The van der Waals surface area contributed by atoms with E-state index in [2.05, 4.69) is 39.1 Å². The van der Waals surface area contributed by atoms with Gasteiger partial charge >= 0.3 is 0 Å². The Hall–Kier alpha value is 0.130. The zero-order valence-electron chi connectivity index (χ0n) is 10.3. The van der Waals surface area contributed by atoms with Crippen LogP contribution in [0.5, 0.6) is 0 Å². The lowest BCUT2D eigenvalue weighted by Gasteiger charge is -2.04. The number of hydrogen-bond donors (Lipinski definition) is 2. The predicted octanol–water partition coefficient (Wildman–Crippen LogP) is 2.63. The Kier molecular flexibility index (Phi) is 13.3. The Labute approximate surface area is 107 Å². The number of amides is 1. The number of carbonyl (C=O) groups is 1. The van der Waals surface area contributed by atoms with Crippen molar-refractivity contribution in [2.24, 2.45) is 0 Å². The number of rotatable bonds is 7. The Morgan fingerprint density at radius 3 is 2.69 bits per heavy atom. The molecule has 1 atom stereocenters. The molecule has 1 rings (SSSR count). The van der Waals surface area contributed by atoms with Crippen LogP contribution in [0, 0.1) is 0 Å². The van der Waals surface area contributed by atoms with Crippen molar-refractivity contribution in [1.82, 2.24) is 10.6 Å². The maximum atomic E-state index is 9.41. The van der Waals surface area contributed by atoms with E-state index in [-0.39, 0.29) is 0 Å². The molecular formula is C11H24N2OS2. The minimum atomic E-state index is 0.545. The summed E-state index contributed by atoms with van der Waals surface area (Å²) in [6, 6.07) is 0. The molecule has 0 aromatic rings. The second-order valence-electron chi connectivity index (χ2n) is 3.68. The molecule has 16 heavy (non-hydrogen) atoms. The first-order valence-corrected chi connectivity index (χ1v) is 8.33. The maximum Gasteiger partial charge on any atom is 0.208 e. The van der Waals surface area contributed by atoms with Gasteiger partial charge in [0, 0.05) is 11.0 Å². The SMILES string of the molecule is CCCCCC1CCSS1.CNCNC=O. The molecule has 1 saturated heterocycles. The fraction of sp³-hybridized carbons (Fsp3) is 0.909. The van der Waals surface area contributed by atoms with Crippen LogP contribution in [0.1, 0.15) is 39.0 Å². The molecule has 0 radical (unpaired) electrons. The van der Waals surface area contributed by atoms with Crippen molar-refractivity contribution in [2.75, 3.05) is 19.5 Å². The van der Waals surface area contributed by atoms with Gasteiger partial charge in [-0.1, -0.05) is 47.8 Å². The zero-order valence-corrected chi connectivity index (χ0v) is 12.0. The van der Waals surface area contributed by atoms with Crippen molar-refractivity contribution in [1.29, 1.82) is 0 Å². The molecule has 3 nitrogen and oxygen atoms in total. The van der Waals surface area contributed by atoms with Crippen LogP contribution in [-0.4, -0.2) is 31.1 Å². The van der Waals surface area contributed by atoms with Crippen LogP contribution in [0.3, 0.4) is 0 Å². The van der Waals surface area contributed by atoms with Gasteiger partial charge in [0.05, 0.1) is 6.67 Å². The standard InChI is InChI=1S/C8H16S2.C3H8N2O/c1-2-3-4-5-8-6-7-9-10-8;1-4-2-5-3-6/h8H,2-7H2,1H3;3-4H,2H2,1H3,(H,5,6). The van der Waals surface area contributed by atoms with Gasteiger partial charge in [-0.05, 0) is 19.9 Å². The van der Waals surface area contributed by atoms with Crippen LogP contribution in [-0.2, 0) is 4.79 Å². The highest BCUT2D eigenvalue weighted by molar-refractivity contribution is 8.77. The van der Waals surface area contributed by atoms with Crippen LogP contribution in [0.15, 0.2) is 0 Å². The van der Waals surface area contributed by atoms with Crippen molar-refractivity contribution in [3.63, 3.8) is 0 Å². The van der Waals surface area contributed by atoms with Gasteiger partial charge in [-0.15, -0.1) is 0 Å². The van der Waals surface area contributed by atoms with Gasteiger partial charge in [0.1, 0.15) is 0 Å². The molecule has 5 heteroatoms. The average Bonchev–Trinajstić information content (AvgIpc) is 2.81. The van der Waals surface area contributed by atoms with E-state index in [1.54, 1.807) is 7.05 Å². The van der Waals surface area contributed by atoms with E-state index < -0.39 is 0 Å². The van der Waals surface area contributed by atoms with Gasteiger partial charge in [0.2, 0.25) is 6.41 Å². The van der Waals surface area contributed by atoms with Gasteiger partial charge in [-0.2, -0.15) is 0 Å². The Bertz CT molecular complexity index is 153. The topological polar surface area (TPSA) is 41.1 Å². The summed E-state index contributed by atoms with van der Waals surface area (Å²) in [5, 5.41) is 6.13. The average molecular weight is 264 g/mol. The molecule has 0 bridgehead atoms. The fourth-order valence-corrected chi connectivity index (χ4v) is 4.36. The second kappa shape index (κ2) is 13.2. The molecule has 0 spiro atoms. The van der Waals surface area contributed by atoms with Gasteiger partial charge in [-0.25, -0.2) is 0 Å². The molecule has 0 saturated carbocycles. The lowest BCUT2D eigenvalue weighted by atomic mass is 10.1. The smallest absolute Gasteiger partial charge is 0.208 e. The van der Waals surface area contributed by atoms with Crippen LogP contribution in [0.2, 0.25) is 0 Å². The van der Waals surface area contributed by atoms with Crippen LogP contribution < -0.4 is 10.6 Å². The van der Waals surface area contributed by atoms with E-state index >= 15 is 0 Å². The summed E-state index contributed by atoms with van der Waals surface area (Å²) in [5.41, 5.74) is 0. The third kappa shape index (κ3) is 10.6. The first-order valence-electron chi connectivity index (χ1n) is 5.95. The summed E-state index contributed by atoms with van der Waals surface area (Å²) in [5.74, 6) is 1.39. The van der Waals surface area contributed by atoms with Gasteiger partial charge in [0.25, 0.3) is 0 Å². The molecule has 0 aromatic heterocycles. The molecule has 1 aliphatic rings. The molecule has 2 N–H and O–H groups in total. The molecule has 1 amide bonds. The molecule has 1 aliphatic heterocycles. The second-order valence-corrected chi connectivity index (χ2v) is 6.46. The molecule has 1 unspecified atom stereocenters. The van der Waals surface area contributed by atoms with E-state index in [9.17, 15) is 4.79 Å². The highest BCUT2D eigenvalue weighted by atomic mass is 33.1. The minimum absolute atomic E-state index is 0.545. The Morgan fingerprint density at radius 2 is 2.25 bits per heavy atom. The largest absolute Gasteiger partial charge is 0.346 e. The minimum Gasteiger partial charge on any atom is -0.346 e. The van der Waals surface area contributed by atoms with Gasteiger partial charge < -0.3 is 10.6 Å². The quantitative estimate of drug-likeness (QED) is 0.321. The van der Waals surface area contributed by atoms with Crippen molar-refractivity contribution >= 4 is 28.0 Å². The van der Waals surface area contributed by atoms with Crippen molar-refractivity contribution < 1.29 is 4.79 Å². The molecule has 96 valence electrons. The highest BCUT2D eigenvalue weighted by Crippen LogP contribution is 2.39.